The predicted molar refractivity (Wildman–Crippen MR) is 401 cm³/mol. The van der Waals surface area contributed by atoms with Crippen LogP contribution in [0.3, 0.4) is 0 Å². The van der Waals surface area contributed by atoms with E-state index in [0.717, 1.165) is 224 Å². The Hall–Kier alpha value is -6.36. The number of benzene rings is 4. The molecule has 0 aromatic heterocycles. The second-order valence-electron chi connectivity index (χ2n) is 30.2. The molecule has 0 aliphatic carbocycles. The highest BCUT2D eigenvalue weighted by molar-refractivity contribution is 5.97. The van der Waals surface area contributed by atoms with E-state index in [0.29, 0.717) is 48.3 Å². The van der Waals surface area contributed by atoms with Gasteiger partial charge in [0.05, 0.1) is 28.4 Å². The van der Waals surface area contributed by atoms with Crippen molar-refractivity contribution in [2.75, 3.05) is 186 Å². The molecule has 0 radical (unpaired) electrons. The van der Waals surface area contributed by atoms with Crippen LogP contribution >= 0.6 is 0 Å². The summed E-state index contributed by atoms with van der Waals surface area (Å²) in [5.74, 6) is 3.62. The minimum atomic E-state index is 0.116. The van der Waals surface area contributed by atoms with Crippen molar-refractivity contribution in [3.63, 3.8) is 0 Å². The number of methoxy groups -OCH3 is 4. The van der Waals surface area contributed by atoms with E-state index >= 15 is 0 Å². The number of ether oxygens (including phenoxy) is 4. The number of carbonyl (C=O) groups excluding carboxylic acids is 4. The lowest BCUT2D eigenvalue weighted by molar-refractivity contribution is 0.00315. The molecule has 8 heterocycles. The average Bonchev–Trinajstić information content (AvgIpc) is 1.13. The lowest BCUT2D eigenvalue weighted by Gasteiger charge is -2.48. The zero-order valence-corrected chi connectivity index (χ0v) is 64.0. The second-order valence-corrected chi connectivity index (χ2v) is 30.2. The van der Waals surface area contributed by atoms with Crippen molar-refractivity contribution >= 4 is 23.6 Å². The summed E-state index contributed by atoms with van der Waals surface area (Å²) in [7, 11) is 6.60. The Morgan fingerprint density at radius 2 is 0.530 bits per heavy atom. The minimum Gasteiger partial charge on any atom is -0.496 e. The number of piperidine rings is 1. The third-order valence-electron chi connectivity index (χ3n) is 22.8. The largest absolute Gasteiger partial charge is 0.496 e. The standard InChI is InChI=1S/C21H33N3O2.2C20H31N3O2.C19H29N3O2/c1-16(2)22-9-7-19(8-10-22)23-11-13-24(14-12-23)21(25)18-6-5-17(3)20(15-18)26-4;2*1-15(2)21-9-11-22(12-10-21)18-7-8-23(14-18)20(24)17-6-5-16(3)19(13-17)25-4;1-14(2)20-7-9-21(10-8-20)17-12-22(13-17)19(23)16-6-5-15(3)18(11-16)24-4/h5-6,15-16,19H,7-14H2,1-4H3;2*5-6,13,15,18H,7-12,14H2,1-4H3;5-6,11,14,17H,7-10,12-13H2,1-4H3/t;2*18-;/m.10./s1. The van der Waals surface area contributed by atoms with E-state index in [4.69, 9.17) is 18.9 Å². The number of rotatable bonds is 16. The van der Waals surface area contributed by atoms with Gasteiger partial charge in [0.1, 0.15) is 23.0 Å². The highest BCUT2D eigenvalue weighted by Crippen LogP contribution is 2.29. The van der Waals surface area contributed by atoms with Crippen LogP contribution in [0, 0.1) is 27.7 Å². The van der Waals surface area contributed by atoms with Gasteiger partial charge in [-0.15, -0.1) is 0 Å². The zero-order chi connectivity index (χ0) is 71.9. The van der Waals surface area contributed by atoms with Gasteiger partial charge >= 0.3 is 0 Å². The topological polar surface area (TPSA) is 144 Å². The molecule has 8 aliphatic rings. The number of aryl methyl sites for hydroxylation is 4. The maximum Gasteiger partial charge on any atom is 0.254 e. The summed E-state index contributed by atoms with van der Waals surface area (Å²) >= 11 is 0. The molecule has 0 spiro atoms. The van der Waals surface area contributed by atoms with E-state index in [1.165, 1.54) is 25.9 Å². The summed E-state index contributed by atoms with van der Waals surface area (Å²) in [4.78, 5) is 79.5. The monoisotopic (exact) mass is 1380 g/mol. The summed E-state index contributed by atoms with van der Waals surface area (Å²) < 4.78 is 21.4. The molecule has 4 aromatic carbocycles. The van der Waals surface area contributed by atoms with Gasteiger partial charge in [0.25, 0.3) is 23.6 Å². The fourth-order valence-corrected chi connectivity index (χ4v) is 15.8. The van der Waals surface area contributed by atoms with Gasteiger partial charge < -0.3 is 43.4 Å². The number of amides is 4. The normalized spacial score (nSPS) is 21.5. The molecule has 100 heavy (non-hydrogen) atoms. The maximum atomic E-state index is 12.8. The molecule has 4 aromatic rings. The number of hydrogen-bond acceptors (Lipinski definition) is 16. The molecule has 20 heteroatoms. The van der Waals surface area contributed by atoms with E-state index in [2.05, 4.69) is 94.6 Å². The van der Waals surface area contributed by atoms with Crippen LogP contribution in [0.5, 0.6) is 23.0 Å². The van der Waals surface area contributed by atoms with Gasteiger partial charge in [-0.05, 0) is 193 Å². The molecule has 0 N–H and O–H groups in total. The van der Waals surface area contributed by atoms with E-state index in [1.54, 1.807) is 28.4 Å². The van der Waals surface area contributed by atoms with Crippen molar-refractivity contribution in [2.45, 2.75) is 157 Å². The van der Waals surface area contributed by atoms with Gasteiger partial charge in [-0.25, -0.2) is 0 Å². The number of carbonyl (C=O) groups is 4. The molecule has 8 aliphatic heterocycles. The molecule has 0 bridgehead atoms. The Morgan fingerprint density at radius 3 is 0.830 bits per heavy atom. The Bertz CT molecular complexity index is 3170. The first-order valence-corrected chi connectivity index (χ1v) is 37.7. The van der Waals surface area contributed by atoms with Crippen LogP contribution in [0.4, 0.5) is 0 Å². The van der Waals surface area contributed by atoms with Crippen LogP contribution in [0.1, 0.15) is 145 Å². The van der Waals surface area contributed by atoms with Crippen molar-refractivity contribution in [3.8, 4) is 23.0 Å². The van der Waals surface area contributed by atoms with Crippen LogP contribution in [0.25, 0.3) is 0 Å². The lowest BCUT2D eigenvalue weighted by atomic mass is 10.0. The third kappa shape index (κ3) is 20.1. The predicted octanol–water partition coefficient (Wildman–Crippen LogP) is 8.98. The molecule has 0 saturated carbocycles. The molecule has 8 saturated heterocycles. The number of piperazine rings is 4. The Balaban J connectivity index is 0.000000156. The van der Waals surface area contributed by atoms with Crippen molar-refractivity contribution in [1.29, 1.82) is 0 Å². The summed E-state index contributed by atoms with van der Waals surface area (Å²) in [6, 6.07) is 27.7. The molecule has 12 rings (SSSR count). The van der Waals surface area contributed by atoms with E-state index in [1.807, 2.05) is 120 Å². The highest BCUT2D eigenvalue weighted by Gasteiger charge is 2.39. The lowest BCUT2D eigenvalue weighted by Crippen LogP contribution is -2.64. The van der Waals surface area contributed by atoms with Crippen molar-refractivity contribution < 1.29 is 38.1 Å². The third-order valence-corrected chi connectivity index (χ3v) is 22.8. The summed E-state index contributed by atoms with van der Waals surface area (Å²) in [5, 5.41) is 0. The summed E-state index contributed by atoms with van der Waals surface area (Å²) in [6.07, 6.45) is 4.66. The summed E-state index contributed by atoms with van der Waals surface area (Å²) in [6.45, 7) is 50.7. The minimum absolute atomic E-state index is 0.116. The van der Waals surface area contributed by atoms with Crippen LogP contribution in [0.2, 0.25) is 0 Å². The zero-order valence-electron chi connectivity index (χ0n) is 64.0. The number of nitrogens with zero attached hydrogens (tertiary/aromatic N) is 12. The second kappa shape index (κ2) is 36.7. The van der Waals surface area contributed by atoms with Gasteiger partial charge in [0.2, 0.25) is 0 Å². The van der Waals surface area contributed by atoms with Crippen LogP contribution < -0.4 is 18.9 Å². The van der Waals surface area contributed by atoms with Gasteiger partial charge in [-0.1, -0.05) is 24.3 Å². The van der Waals surface area contributed by atoms with Crippen molar-refractivity contribution in [3.05, 3.63) is 117 Å². The molecule has 552 valence electrons. The maximum absolute atomic E-state index is 12.8. The van der Waals surface area contributed by atoms with Crippen LogP contribution in [0.15, 0.2) is 72.8 Å². The van der Waals surface area contributed by atoms with Gasteiger partial charge in [-0.2, -0.15) is 0 Å². The Labute approximate surface area is 600 Å². The number of hydrogen-bond donors (Lipinski definition) is 0. The fraction of sp³-hybridized carbons (Fsp3) is 0.650. The molecule has 4 amide bonds. The highest BCUT2D eigenvalue weighted by atomic mass is 16.5. The molecule has 0 unspecified atom stereocenters. The van der Waals surface area contributed by atoms with E-state index < -0.39 is 0 Å². The Kier molecular flexibility index (Phi) is 28.5. The first kappa shape index (κ1) is 77.8. The molecular weight excluding hydrogens is 1260 g/mol. The van der Waals surface area contributed by atoms with Gasteiger partial charge in [-0.3, -0.25) is 53.5 Å². The van der Waals surface area contributed by atoms with E-state index in [9.17, 15) is 19.2 Å². The SMILES string of the molecule is COc1cc(C(=O)N2CC(N3CCN(C(C)C)CC3)C2)ccc1C.COc1cc(C(=O)N2CCN(C3CCN(C(C)C)CC3)CC2)ccc1C.COc1cc(C(=O)N2CC[C@@H](N3CCN(C(C)C)CC3)C2)ccc1C.COc1cc(C(=O)N2CC[C@H](N3CCN(C(C)C)CC3)C2)ccc1C. The van der Waals surface area contributed by atoms with Crippen LogP contribution in [-0.2, 0) is 0 Å². The van der Waals surface area contributed by atoms with Crippen molar-refractivity contribution in [2.24, 2.45) is 0 Å². The van der Waals surface area contributed by atoms with E-state index in [-0.39, 0.29) is 23.6 Å². The van der Waals surface area contributed by atoms with Gasteiger partial charge in [0.15, 0.2) is 0 Å². The first-order chi connectivity index (χ1) is 48.0. The number of likely N-dealkylation sites (tertiary alicyclic amines) is 4. The summed E-state index contributed by atoms with van der Waals surface area (Å²) in [5.41, 5.74) is 7.13. The fourth-order valence-electron chi connectivity index (χ4n) is 15.8. The average molecular weight is 1380 g/mol. The molecule has 20 nitrogen and oxygen atoms in total. The Morgan fingerprint density at radius 1 is 0.290 bits per heavy atom. The quantitative estimate of drug-likeness (QED) is 0.105. The molecule has 2 atom stereocenters. The first-order valence-electron chi connectivity index (χ1n) is 37.7. The van der Waals surface area contributed by atoms with Crippen LogP contribution in [-0.4, -0.2) is 316 Å². The van der Waals surface area contributed by atoms with Crippen molar-refractivity contribution in [1.82, 2.24) is 58.8 Å². The smallest absolute Gasteiger partial charge is 0.254 e. The molecule has 8 fully saturated rings. The van der Waals surface area contributed by atoms with Gasteiger partial charge in [0, 0.05) is 215 Å². The molecular formula is C80H124N12O8.